The SMILES string of the molecule is Cc1ccc(-c2cc(C)c(-c3ccccc3)cc2C)cc1. The lowest BCUT2D eigenvalue weighted by Gasteiger charge is -2.13. The lowest BCUT2D eigenvalue weighted by Crippen LogP contribution is -1.90. The third-order valence-electron chi connectivity index (χ3n) is 4.02. The lowest BCUT2D eigenvalue weighted by molar-refractivity contribution is 1.38. The van der Waals surface area contributed by atoms with Gasteiger partial charge in [-0.2, -0.15) is 0 Å². The molecule has 0 atom stereocenters. The molecule has 3 aromatic carbocycles. The maximum atomic E-state index is 2.31. The second-order valence-electron chi connectivity index (χ2n) is 5.71. The highest BCUT2D eigenvalue weighted by molar-refractivity contribution is 5.76. The quantitative estimate of drug-likeness (QED) is 0.541. The Labute approximate surface area is 127 Å². The predicted molar refractivity (Wildman–Crippen MR) is 91.5 cm³/mol. The van der Waals surface area contributed by atoms with Gasteiger partial charge in [0.25, 0.3) is 0 Å². The van der Waals surface area contributed by atoms with Gasteiger partial charge in [-0.05, 0) is 54.2 Å². The van der Waals surface area contributed by atoms with E-state index in [1.807, 2.05) is 0 Å². The molecule has 3 aromatic rings. The minimum Gasteiger partial charge on any atom is -0.0622 e. The van der Waals surface area contributed by atoms with Gasteiger partial charge in [0.15, 0.2) is 0 Å². The molecule has 0 radical (unpaired) electrons. The summed E-state index contributed by atoms with van der Waals surface area (Å²) in [5.41, 5.74) is 9.17. The Morgan fingerprint density at radius 3 is 1.52 bits per heavy atom. The van der Waals surface area contributed by atoms with Crippen molar-refractivity contribution in [2.75, 3.05) is 0 Å². The van der Waals surface area contributed by atoms with Crippen LogP contribution in [0.25, 0.3) is 22.3 Å². The fourth-order valence-electron chi connectivity index (χ4n) is 2.79. The molecular formula is C21H20. The predicted octanol–water partition coefficient (Wildman–Crippen LogP) is 5.95. The lowest BCUT2D eigenvalue weighted by atomic mass is 9.92. The van der Waals surface area contributed by atoms with Crippen LogP contribution in [0.1, 0.15) is 16.7 Å². The van der Waals surface area contributed by atoms with Crippen molar-refractivity contribution < 1.29 is 0 Å². The molecule has 0 aromatic heterocycles. The molecule has 0 saturated heterocycles. The Hall–Kier alpha value is -2.34. The summed E-state index contributed by atoms with van der Waals surface area (Å²) in [7, 11) is 0. The van der Waals surface area contributed by atoms with E-state index in [4.69, 9.17) is 0 Å². The standard InChI is InChI=1S/C21H20/c1-15-9-11-19(12-10-15)21-14-16(2)20(13-17(21)3)18-7-5-4-6-8-18/h4-14H,1-3H3. The van der Waals surface area contributed by atoms with Crippen LogP contribution in [-0.2, 0) is 0 Å². The first kappa shape index (κ1) is 13.6. The van der Waals surface area contributed by atoms with E-state index >= 15 is 0 Å². The Morgan fingerprint density at radius 2 is 1.00 bits per heavy atom. The van der Waals surface area contributed by atoms with Crippen LogP contribution >= 0.6 is 0 Å². The van der Waals surface area contributed by atoms with Crippen molar-refractivity contribution in [1.82, 2.24) is 0 Å². The van der Waals surface area contributed by atoms with Gasteiger partial charge in [0.2, 0.25) is 0 Å². The summed E-state index contributed by atoms with van der Waals surface area (Å²) in [5.74, 6) is 0. The molecule has 3 rings (SSSR count). The van der Waals surface area contributed by atoms with Crippen molar-refractivity contribution in [2.24, 2.45) is 0 Å². The van der Waals surface area contributed by atoms with Crippen molar-refractivity contribution in [3.8, 4) is 22.3 Å². The maximum Gasteiger partial charge on any atom is -0.0152 e. The summed E-state index contributed by atoms with van der Waals surface area (Å²) in [6.07, 6.45) is 0. The molecule has 0 unspecified atom stereocenters. The molecule has 0 amide bonds. The minimum atomic E-state index is 1.29. The molecule has 21 heavy (non-hydrogen) atoms. The Bertz CT molecular complexity index is 750. The van der Waals surface area contributed by atoms with Crippen molar-refractivity contribution in [1.29, 1.82) is 0 Å². The number of hydrogen-bond acceptors (Lipinski definition) is 0. The van der Waals surface area contributed by atoms with Gasteiger partial charge in [-0.15, -0.1) is 0 Å². The van der Waals surface area contributed by atoms with Crippen molar-refractivity contribution >= 4 is 0 Å². The molecule has 0 spiro atoms. The Kier molecular flexibility index (Phi) is 3.62. The fraction of sp³-hybridized carbons (Fsp3) is 0.143. The zero-order chi connectivity index (χ0) is 14.8. The van der Waals surface area contributed by atoms with Gasteiger partial charge in [-0.3, -0.25) is 0 Å². The third-order valence-corrected chi connectivity index (χ3v) is 4.02. The Morgan fingerprint density at radius 1 is 0.524 bits per heavy atom. The summed E-state index contributed by atoms with van der Waals surface area (Å²) in [6.45, 7) is 6.51. The van der Waals surface area contributed by atoms with Crippen LogP contribution in [-0.4, -0.2) is 0 Å². The van der Waals surface area contributed by atoms with E-state index in [1.165, 1.54) is 38.9 Å². The van der Waals surface area contributed by atoms with Crippen LogP contribution in [0.15, 0.2) is 66.7 Å². The van der Waals surface area contributed by atoms with Crippen LogP contribution in [0.3, 0.4) is 0 Å². The van der Waals surface area contributed by atoms with Crippen molar-refractivity contribution in [3.63, 3.8) is 0 Å². The van der Waals surface area contributed by atoms with Crippen LogP contribution in [0, 0.1) is 20.8 Å². The van der Waals surface area contributed by atoms with E-state index in [2.05, 4.69) is 87.5 Å². The number of benzene rings is 3. The number of aryl methyl sites for hydroxylation is 3. The smallest absolute Gasteiger partial charge is 0.0152 e. The molecule has 0 aliphatic heterocycles. The van der Waals surface area contributed by atoms with Crippen LogP contribution in [0.2, 0.25) is 0 Å². The van der Waals surface area contributed by atoms with Gasteiger partial charge in [-0.25, -0.2) is 0 Å². The summed E-state index contributed by atoms with van der Waals surface area (Å²) >= 11 is 0. The second kappa shape index (κ2) is 5.57. The summed E-state index contributed by atoms with van der Waals surface area (Å²) < 4.78 is 0. The van der Waals surface area contributed by atoms with E-state index in [0.29, 0.717) is 0 Å². The normalized spacial score (nSPS) is 10.6. The first-order valence-corrected chi connectivity index (χ1v) is 7.39. The Balaban J connectivity index is 2.10. The average Bonchev–Trinajstić information content (AvgIpc) is 2.51. The molecule has 0 heteroatoms. The fourth-order valence-corrected chi connectivity index (χ4v) is 2.79. The molecule has 104 valence electrons. The molecular weight excluding hydrogens is 252 g/mol. The maximum absolute atomic E-state index is 2.31. The summed E-state index contributed by atoms with van der Waals surface area (Å²) in [4.78, 5) is 0. The number of rotatable bonds is 2. The van der Waals surface area contributed by atoms with Crippen LogP contribution in [0.5, 0.6) is 0 Å². The first-order valence-electron chi connectivity index (χ1n) is 7.39. The highest BCUT2D eigenvalue weighted by Crippen LogP contribution is 2.31. The average molecular weight is 272 g/mol. The van der Waals surface area contributed by atoms with Gasteiger partial charge in [0, 0.05) is 0 Å². The molecule has 0 heterocycles. The van der Waals surface area contributed by atoms with Gasteiger partial charge < -0.3 is 0 Å². The van der Waals surface area contributed by atoms with Crippen LogP contribution < -0.4 is 0 Å². The molecule has 0 N–H and O–H groups in total. The molecule has 0 fully saturated rings. The van der Waals surface area contributed by atoms with Crippen molar-refractivity contribution in [3.05, 3.63) is 83.4 Å². The highest BCUT2D eigenvalue weighted by atomic mass is 14.1. The zero-order valence-electron chi connectivity index (χ0n) is 12.9. The second-order valence-corrected chi connectivity index (χ2v) is 5.71. The molecule has 0 aliphatic carbocycles. The van der Waals surface area contributed by atoms with Crippen LogP contribution in [0.4, 0.5) is 0 Å². The highest BCUT2D eigenvalue weighted by Gasteiger charge is 2.08. The van der Waals surface area contributed by atoms with Gasteiger partial charge in [-0.1, -0.05) is 72.3 Å². The van der Waals surface area contributed by atoms with E-state index in [0.717, 1.165) is 0 Å². The first-order chi connectivity index (χ1) is 10.1. The van der Waals surface area contributed by atoms with Gasteiger partial charge in [0.1, 0.15) is 0 Å². The van der Waals surface area contributed by atoms with E-state index < -0.39 is 0 Å². The topological polar surface area (TPSA) is 0 Å². The molecule has 0 aliphatic rings. The molecule has 0 bridgehead atoms. The van der Waals surface area contributed by atoms with E-state index in [1.54, 1.807) is 0 Å². The van der Waals surface area contributed by atoms with E-state index in [9.17, 15) is 0 Å². The van der Waals surface area contributed by atoms with Gasteiger partial charge in [0.05, 0.1) is 0 Å². The monoisotopic (exact) mass is 272 g/mol. The zero-order valence-corrected chi connectivity index (χ0v) is 12.9. The van der Waals surface area contributed by atoms with Crippen molar-refractivity contribution in [2.45, 2.75) is 20.8 Å². The largest absolute Gasteiger partial charge is 0.0622 e. The van der Waals surface area contributed by atoms with E-state index in [-0.39, 0.29) is 0 Å². The molecule has 0 nitrogen and oxygen atoms in total. The summed E-state index contributed by atoms with van der Waals surface area (Å²) in [6, 6.07) is 24.0. The van der Waals surface area contributed by atoms with Gasteiger partial charge >= 0.3 is 0 Å². The molecule has 0 saturated carbocycles. The third kappa shape index (κ3) is 2.75. The summed E-state index contributed by atoms with van der Waals surface area (Å²) in [5, 5.41) is 0. The number of hydrogen-bond donors (Lipinski definition) is 0. The minimum absolute atomic E-state index is 1.29.